The van der Waals surface area contributed by atoms with Crippen molar-refractivity contribution in [2.75, 3.05) is 19.6 Å². The summed E-state index contributed by atoms with van der Waals surface area (Å²) < 4.78 is 27.1. The largest absolute Gasteiger partial charge is 0.326 e. The Bertz CT molecular complexity index is 509. The number of nitrogens with two attached hydrogens (primary N) is 1. The van der Waals surface area contributed by atoms with Gasteiger partial charge in [0.15, 0.2) is 0 Å². The lowest BCUT2D eigenvalue weighted by atomic mass is 10.4. The minimum atomic E-state index is -3.37. The monoisotopic (exact) mass is 303 g/mol. The first-order valence-corrected chi connectivity index (χ1v) is 8.89. The van der Waals surface area contributed by atoms with Gasteiger partial charge in [-0.15, -0.1) is 11.3 Å². The van der Waals surface area contributed by atoms with Crippen LogP contribution in [0.4, 0.5) is 0 Å². The van der Waals surface area contributed by atoms with Crippen molar-refractivity contribution in [1.29, 1.82) is 0 Å². The molecule has 1 heterocycles. The zero-order valence-electron chi connectivity index (χ0n) is 11.1. The van der Waals surface area contributed by atoms with Crippen LogP contribution in [0.3, 0.4) is 0 Å². The van der Waals surface area contributed by atoms with Crippen LogP contribution in [0.25, 0.3) is 0 Å². The Hall–Kier alpha value is -0.470. The number of hydrogen-bond donors (Lipinski definition) is 2. The predicted molar refractivity (Wildman–Crippen MR) is 77.7 cm³/mol. The maximum absolute atomic E-state index is 12.1. The Morgan fingerprint density at radius 3 is 2.74 bits per heavy atom. The van der Waals surface area contributed by atoms with Crippen molar-refractivity contribution in [3.8, 4) is 0 Å². The van der Waals surface area contributed by atoms with Crippen LogP contribution in [0, 0.1) is 0 Å². The van der Waals surface area contributed by atoms with Crippen molar-refractivity contribution in [1.82, 2.24) is 9.62 Å². The third-order valence-electron chi connectivity index (χ3n) is 3.26. The quantitative estimate of drug-likeness (QED) is 0.750. The fourth-order valence-corrected chi connectivity index (χ4v) is 4.35. The molecule has 2 rings (SSSR count). The Labute approximate surface area is 118 Å². The smallest absolute Gasteiger partial charge is 0.250 e. The second-order valence-electron chi connectivity index (χ2n) is 4.68. The highest BCUT2D eigenvalue weighted by Crippen LogP contribution is 2.26. The van der Waals surface area contributed by atoms with Crippen LogP contribution in [0.15, 0.2) is 16.3 Å². The van der Waals surface area contributed by atoms with E-state index in [4.69, 9.17) is 5.73 Å². The molecule has 3 N–H and O–H groups in total. The van der Waals surface area contributed by atoms with E-state index in [0.29, 0.717) is 23.3 Å². The number of rotatable bonds is 8. The highest BCUT2D eigenvalue weighted by molar-refractivity contribution is 7.91. The fourth-order valence-electron chi connectivity index (χ4n) is 2.05. The Kier molecular flexibility index (Phi) is 4.97. The normalized spacial score (nSPS) is 16.2. The second-order valence-corrected chi connectivity index (χ2v) is 7.84. The first-order chi connectivity index (χ1) is 9.06. The molecule has 1 saturated carbocycles. The lowest BCUT2D eigenvalue weighted by molar-refractivity contribution is 0.282. The van der Waals surface area contributed by atoms with Crippen LogP contribution >= 0.6 is 11.3 Å². The van der Waals surface area contributed by atoms with Gasteiger partial charge in [0.05, 0.1) is 0 Å². The van der Waals surface area contributed by atoms with E-state index in [9.17, 15) is 8.42 Å². The van der Waals surface area contributed by atoms with E-state index < -0.39 is 10.0 Å². The van der Waals surface area contributed by atoms with Gasteiger partial charge >= 0.3 is 0 Å². The minimum absolute atomic E-state index is 0.349. The zero-order chi connectivity index (χ0) is 13.9. The Morgan fingerprint density at radius 1 is 1.47 bits per heavy atom. The predicted octanol–water partition coefficient (Wildman–Crippen LogP) is 0.969. The summed E-state index contributed by atoms with van der Waals surface area (Å²) in [7, 11) is -3.37. The van der Waals surface area contributed by atoms with Crippen molar-refractivity contribution in [2.45, 2.75) is 36.6 Å². The highest BCUT2D eigenvalue weighted by atomic mass is 32.2. The Morgan fingerprint density at radius 2 is 2.21 bits per heavy atom. The number of nitrogens with zero attached hydrogens (tertiary/aromatic N) is 1. The van der Waals surface area contributed by atoms with Crippen molar-refractivity contribution < 1.29 is 8.42 Å². The van der Waals surface area contributed by atoms with Crippen molar-refractivity contribution in [3.63, 3.8) is 0 Å². The maximum atomic E-state index is 12.1. The van der Waals surface area contributed by atoms with Gasteiger partial charge in [0, 0.05) is 30.6 Å². The summed E-state index contributed by atoms with van der Waals surface area (Å²) in [6, 6.07) is 4.05. The number of thiophene rings is 1. The van der Waals surface area contributed by atoms with E-state index in [1.807, 2.05) is 0 Å². The standard InChI is InChI=1S/C12H21N3O2S2/c1-2-15(10-3-4-10)8-7-14-19(16,17)12-6-5-11(9-13)18-12/h5-6,10,14H,2-4,7-9,13H2,1H3. The van der Waals surface area contributed by atoms with Crippen LogP contribution in [-0.4, -0.2) is 39.0 Å². The molecule has 0 radical (unpaired) electrons. The van der Waals surface area contributed by atoms with Crippen LogP contribution in [0.1, 0.15) is 24.6 Å². The average Bonchev–Trinajstić information content (AvgIpc) is 3.10. The summed E-state index contributed by atoms with van der Waals surface area (Å²) in [4.78, 5) is 3.20. The molecule has 0 bridgehead atoms. The lowest BCUT2D eigenvalue weighted by Gasteiger charge is -2.19. The summed E-state index contributed by atoms with van der Waals surface area (Å²) in [5, 5.41) is 0. The molecule has 5 nitrogen and oxygen atoms in total. The van der Waals surface area contributed by atoms with Crippen molar-refractivity contribution >= 4 is 21.4 Å². The van der Waals surface area contributed by atoms with E-state index in [2.05, 4.69) is 16.5 Å². The number of sulfonamides is 1. The van der Waals surface area contributed by atoms with Crippen molar-refractivity contribution in [3.05, 3.63) is 17.0 Å². The van der Waals surface area contributed by atoms with Gasteiger partial charge in [0.1, 0.15) is 4.21 Å². The summed E-state index contributed by atoms with van der Waals surface area (Å²) >= 11 is 1.23. The van der Waals surface area contributed by atoms with E-state index in [0.717, 1.165) is 18.0 Å². The van der Waals surface area contributed by atoms with Gasteiger partial charge in [-0.25, -0.2) is 13.1 Å². The zero-order valence-corrected chi connectivity index (χ0v) is 12.8. The number of likely N-dealkylation sites (N-methyl/N-ethyl adjacent to an activating group) is 1. The molecular weight excluding hydrogens is 282 g/mol. The van der Waals surface area contributed by atoms with E-state index >= 15 is 0 Å². The SMILES string of the molecule is CCN(CCNS(=O)(=O)c1ccc(CN)s1)C1CC1. The topological polar surface area (TPSA) is 75.4 Å². The van der Waals surface area contributed by atoms with Gasteiger partial charge in [-0.05, 0) is 31.5 Å². The lowest BCUT2D eigenvalue weighted by Crippen LogP contribution is -2.35. The summed E-state index contributed by atoms with van der Waals surface area (Å²) in [6.07, 6.45) is 2.48. The van der Waals surface area contributed by atoms with Crippen molar-refractivity contribution in [2.24, 2.45) is 5.73 Å². The molecule has 1 aliphatic carbocycles. The highest BCUT2D eigenvalue weighted by Gasteiger charge is 2.27. The molecular formula is C12H21N3O2S2. The van der Waals surface area contributed by atoms with Gasteiger partial charge in [0.2, 0.25) is 10.0 Å². The first kappa shape index (κ1) is 14.9. The maximum Gasteiger partial charge on any atom is 0.250 e. The van der Waals surface area contributed by atoms with Gasteiger partial charge < -0.3 is 5.73 Å². The molecule has 0 amide bonds. The molecule has 0 saturated heterocycles. The molecule has 0 spiro atoms. The van der Waals surface area contributed by atoms with Gasteiger partial charge in [0.25, 0.3) is 0 Å². The summed E-state index contributed by atoms with van der Waals surface area (Å²) in [5.74, 6) is 0. The number of nitrogens with one attached hydrogen (secondary N) is 1. The van der Waals surface area contributed by atoms with Gasteiger partial charge in [-0.3, -0.25) is 4.90 Å². The van der Waals surface area contributed by atoms with Gasteiger partial charge in [-0.1, -0.05) is 6.92 Å². The Balaban J connectivity index is 1.86. The molecule has 1 aliphatic rings. The molecule has 0 aromatic carbocycles. The molecule has 1 fully saturated rings. The summed E-state index contributed by atoms with van der Waals surface area (Å²) in [6.45, 7) is 4.70. The molecule has 0 atom stereocenters. The molecule has 0 unspecified atom stereocenters. The molecule has 0 aliphatic heterocycles. The molecule has 7 heteroatoms. The van der Waals surface area contributed by atoms with E-state index in [1.54, 1.807) is 12.1 Å². The van der Waals surface area contributed by atoms with Crippen LogP contribution in [-0.2, 0) is 16.6 Å². The van der Waals surface area contributed by atoms with E-state index in [1.165, 1.54) is 24.2 Å². The first-order valence-electron chi connectivity index (χ1n) is 6.59. The van der Waals surface area contributed by atoms with Gasteiger partial charge in [-0.2, -0.15) is 0 Å². The fraction of sp³-hybridized carbons (Fsp3) is 0.667. The van der Waals surface area contributed by atoms with Crippen LogP contribution < -0.4 is 10.5 Å². The number of hydrogen-bond acceptors (Lipinski definition) is 5. The molecule has 1 aromatic rings. The van der Waals surface area contributed by atoms with Crippen LogP contribution in [0.5, 0.6) is 0 Å². The third-order valence-corrected chi connectivity index (χ3v) is 6.32. The molecule has 108 valence electrons. The van der Waals surface area contributed by atoms with Crippen LogP contribution in [0.2, 0.25) is 0 Å². The average molecular weight is 303 g/mol. The second kappa shape index (κ2) is 6.32. The minimum Gasteiger partial charge on any atom is -0.326 e. The van der Waals surface area contributed by atoms with E-state index in [-0.39, 0.29) is 0 Å². The molecule has 1 aromatic heterocycles. The molecule has 19 heavy (non-hydrogen) atoms. The summed E-state index contributed by atoms with van der Waals surface area (Å²) in [5.41, 5.74) is 5.49. The third kappa shape index (κ3) is 4.00.